The van der Waals surface area contributed by atoms with Gasteiger partial charge in [0.25, 0.3) is 0 Å². The molecule has 2 nitrogen and oxygen atoms in total. The fourth-order valence-electron chi connectivity index (χ4n) is 4.85. The summed E-state index contributed by atoms with van der Waals surface area (Å²) < 4.78 is 0. The normalized spacial score (nSPS) is 13.4. The number of hydrogen-bond donors (Lipinski definition) is 0. The maximum absolute atomic E-state index is 4.89. The molecule has 0 radical (unpaired) electrons. The number of hydrogen-bond acceptors (Lipinski definition) is 2. The van der Waals surface area contributed by atoms with Crippen LogP contribution in [-0.4, -0.2) is 9.97 Å². The lowest BCUT2D eigenvalue weighted by Gasteiger charge is -2.25. The van der Waals surface area contributed by atoms with Crippen LogP contribution in [-0.2, 0) is 18.3 Å². The molecule has 0 spiro atoms. The van der Waals surface area contributed by atoms with E-state index >= 15 is 0 Å². The molecule has 0 fully saturated rings. The molecule has 2 aromatic heterocycles. The van der Waals surface area contributed by atoms with Gasteiger partial charge in [-0.25, -0.2) is 0 Å². The van der Waals surface area contributed by atoms with Gasteiger partial charge in [-0.3, -0.25) is 9.97 Å². The highest BCUT2D eigenvalue weighted by Gasteiger charge is 2.23. The first kappa shape index (κ1) is 19.9. The van der Waals surface area contributed by atoms with Crippen LogP contribution >= 0.6 is 0 Å². The van der Waals surface area contributed by atoms with E-state index in [0.717, 1.165) is 18.5 Å². The van der Waals surface area contributed by atoms with Crippen molar-refractivity contribution in [2.75, 3.05) is 0 Å². The molecule has 0 amide bonds. The Balaban J connectivity index is 1.71. The summed E-state index contributed by atoms with van der Waals surface area (Å²) in [6.07, 6.45) is 6.10. The highest BCUT2D eigenvalue weighted by atomic mass is 14.7. The van der Waals surface area contributed by atoms with E-state index in [4.69, 9.17) is 9.97 Å². The van der Waals surface area contributed by atoms with Gasteiger partial charge in [-0.1, -0.05) is 58.9 Å². The van der Waals surface area contributed by atoms with Crippen LogP contribution in [0.4, 0.5) is 0 Å². The molecule has 1 aliphatic carbocycles. The second-order valence-electron chi connectivity index (χ2n) is 10.1. The fraction of sp³-hybridized carbons (Fsp3) is 0.310. The van der Waals surface area contributed by atoms with Gasteiger partial charge in [0.2, 0.25) is 0 Å². The summed E-state index contributed by atoms with van der Waals surface area (Å²) in [5.74, 6) is 0.452. The number of nitrogens with zero attached hydrogens (tertiary/aromatic N) is 2. The van der Waals surface area contributed by atoms with Gasteiger partial charge in [0.05, 0.1) is 5.69 Å². The maximum Gasteiger partial charge on any atom is 0.0740 e. The van der Waals surface area contributed by atoms with Gasteiger partial charge in [0.15, 0.2) is 0 Å². The van der Waals surface area contributed by atoms with E-state index in [1.807, 2.05) is 6.20 Å². The lowest BCUT2D eigenvalue weighted by atomic mass is 9.80. The topological polar surface area (TPSA) is 25.8 Å². The van der Waals surface area contributed by atoms with E-state index in [9.17, 15) is 0 Å². The second-order valence-corrected chi connectivity index (χ2v) is 10.1. The van der Waals surface area contributed by atoms with Crippen LogP contribution in [0.25, 0.3) is 33.2 Å². The van der Waals surface area contributed by atoms with E-state index in [0.29, 0.717) is 5.92 Å². The summed E-state index contributed by atoms with van der Waals surface area (Å²) in [5, 5.41) is 2.61. The third-order valence-corrected chi connectivity index (χ3v) is 6.54. The Morgan fingerprint density at radius 1 is 0.871 bits per heavy atom. The zero-order valence-electron chi connectivity index (χ0n) is 19.2. The lowest BCUT2D eigenvalue weighted by molar-refractivity contribution is 0.596. The molecular weight excluding hydrogens is 376 g/mol. The summed E-state index contributed by atoms with van der Waals surface area (Å²) in [6.45, 7) is 11.3. The molecule has 5 rings (SSSR count). The van der Waals surface area contributed by atoms with Gasteiger partial charge >= 0.3 is 0 Å². The molecule has 156 valence electrons. The van der Waals surface area contributed by atoms with Crippen LogP contribution in [0, 0.1) is 0 Å². The van der Waals surface area contributed by atoms with Crippen LogP contribution < -0.4 is 0 Å². The SMILES string of the molecule is CC(C)c1cc2c(cn1)-c1ccnc(-c3cc(C(C)(C)C)c4ccccc4c3)c1CC2. The van der Waals surface area contributed by atoms with Gasteiger partial charge in [-0.15, -0.1) is 0 Å². The van der Waals surface area contributed by atoms with Crippen LogP contribution in [0.3, 0.4) is 0 Å². The van der Waals surface area contributed by atoms with E-state index in [1.165, 1.54) is 49.8 Å². The lowest BCUT2D eigenvalue weighted by Crippen LogP contribution is -2.12. The molecule has 0 bridgehead atoms. The molecule has 31 heavy (non-hydrogen) atoms. The number of aryl methyl sites for hydroxylation is 1. The summed E-state index contributed by atoms with van der Waals surface area (Å²) >= 11 is 0. The molecule has 0 N–H and O–H groups in total. The average molecular weight is 407 g/mol. The molecule has 0 saturated heterocycles. The van der Waals surface area contributed by atoms with Crippen molar-refractivity contribution in [1.82, 2.24) is 9.97 Å². The number of rotatable bonds is 2. The Bertz CT molecular complexity index is 1290. The number of benzene rings is 2. The predicted molar refractivity (Wildman–Crippen MR) is 131 cm³/mol. The van der Waals surface area contributed by atoms with E-state index in [-0.39, 0.29) is 5.41 Å². The van der Waals surface area contributed by atoms with Crippen molar-refractivity contribution < 1.29 is 0 Å². The quantitative estimate of drug-likeness (QED) is 0.345. The molecule has 0 saturated carbocycles. The average Bonchev–Trinajstić information content (AvgIpc) is 2.76. The third-order valence-electron chi connectivity index (χ3n) is 6.54. The first-order chi connectivity index (χ1) is 14.8. The van der Waals surface area contributed by atoms with E-state index < -0.39 is 0 Å². The van der Waals surface area contributed by atoms with Crippen molar-refractivity contribution in [2.45, 2.75) is 58.8 Å². The molecular formula is C29H30N2. The minimum atomic E-state index is 0.0637. The van der Waals surface area contributed by atoms with Crippen LogP contribution in [0.2, 0.25) is 0 Å². The minimum Gasteiger partial charge on any atom is -0.260 e. The van der Waals surface area contributed by atoms with E-state index in [1.54, 1.807) is 0 Å². The van der Waals surface area contributed by atoms with Crippen LogP contribution in [0.1, 0.15) is 62.9 Å². The van der Waals surface area contributed by atoms with Gasteiger partial charge in [0, 0.05) is 29.2 Å². The highest BCUT2D eigenvalue weighted by Crippen LogP contribution is 2.40. The fourth-order valence-corrected chi connectivity index (χ4v) is 4.85. The van der Waals surface area contributed by atoms with Gasteiger partial charge in [-0.05, 0) is 81.5 Å². The Kier molecular flexibility index (Phi) is 4.69. The first-order valence-electron chi connectivity index (χ1n) is 11.3. The third kappa shape index (κ3) is 3.44. The van der Waals surface area contributed by atoms with Gasteiger partial charge < -0.3 is 0 Å². The largest absolute Gasteiger partial charge is 0.260 e. The number of fused-ring (bicyclic) bond motifs is 4. The Hall–Kier alpha value is -3.00. The van der Waals surface area contributed by atoms with E-state index in [2.05, 4.69) is 89.3 Å². The monoisotopic (exact) mass is 406 g/mol. The van der Waals surface area contributed by atoms with Crippen molar-refractivity contribution in [3.05, 3.63) is 83.3 Å². The van der Waals surface area contributed by atoms with Crippen molar-refractivity contribution in [2.24, 2.45) is 0 Å². The summed E-state index contributed by atoms with van der Waals surface area (Å²) in [4.78, 5) is 9.65. The van der Waals surface area contributed by atoms with Crippen molar-refractivity contribution >= 4 is 10.8 Å². The van der Waals surface area contributed by atoms with Crippen LogP contribution in [0.15, 0.2) is 60.9 Å². The smallest absolute Gasteiger partial charge is 0.0740 e. The van der Waals surface area contributed by atoms with Crippen molar-refractivity contribution in [1.29, 1.82) is 0 Å². The molecule has 2 heterocycles. The summed E-state index contributed by atoms with van der Waals surface area (Å²) in [7, 11) is 0. The Morgan fingerprint density at radius 2 is 1.68 bits per heavy atom. The zero-order valence-corrected chi connectivity index (χ0v) is 19.2. The maximum atomic E-state index is 4.89. The molecule has 1 aliphatic rings. The zero-order chi connectivity index (χ0) is 21.8. The molecule has 0 unspecified atom stereocenters. The van der Waals surface area contributed by atoms with Gasteiger partial charge in [-0.2, -0.15) is 0 Å². The minimum absolute atomic E-state index is 0.0637. The molecule has 0 aliphatic heterocycles. The highest BCUT2D eigenvalue weighted by molar-refractivity contribution is 5.92. The predicted octanol–water partition coefficient (Wildman–Crippen LogP) is 7.48. The summed E-state index contributed by atoms with van der Waals surface area (Å²) in [6, 6.07) is 17.9. The molecule has 2 aromatic carbocycles. The number of pyridine rings is 2. The first-order valence-corrected chi connectivity index (χ1v) is 11.3. The number of aromatic nitrogens is 2. The van der Waals surface area contributed by atoms with Gasteiger partial charge in [0.1, 0.15) is 0 Å². The standard InChI is InChI=1S/C29H30N2/c1-18(2)27-16-20-10-11-24-23(25(20)17-31-27)12-13-30-28(24)21-14-19-8-6-7-9-22(19)26(15-21)29(3,4)5/h6-9,12-18H,10-11H2,1-5H3. The molecule has 4 aromatic rings. The molecule has 2 heteroatoms. The van der Waals surface area contributed by atoms with Crippen molar-refractivity contribution in [3.63, 3.8) is 0 Å². The van der Waals surface area contributed by atoms with Crippen molar-refractivity contribution in [3.8, 4) is 22.4 Å². The second kappa shape index (κ2) is 7.30. The Labute approximate surface area is 185 Å². The summed E-state index contributed by atoms with van der Waals surface area (Å²) in [5.41, 5.74) is 10.3. The molecule has 0 atom stereocenters. The van der Waals surface area contributed by atoms with Crippen LogP contribution in [0.5, 0.6) is 0 Å². The Morgan fingerprint density at radius 3 is 2.45 bits per heavy atom.